The van der Waals surface area contributed by atoms with Gasteiger partial charge in [0.1, 0.15) is 12.4 Å². The molecule has 3 rings (SSSR count). The highest BCUT2D eigenvalue weighted by atomic mass is 127. The molecule has 1 saturated heterocycles. The number of hydrogen-bond donors (Lipinski definition) is 2. The molecular formula is C21H29IN4O3S. The number of halogens is 1. The van der Waals surface area contributed by atoms with Crippen LogP contribution >= 0.6 is 24.0 Å². The van der Waals surface area contributed by atoms with Crippen molar-refractivity contribution in [3.63, 3.8) is 0 Å². The van der Waals surface area contributed by atoms with Crippen LogP contribution in [0.3, 0.4) is 0 Å². The summed E-state index contributed by atoms with van der Waals surface area (Å²) in [6, 6.07) is 17.2. The van der Waals surface area contributed by atoms with Gasteiger partial charge >= 0.3 is 0 Å². The van der Waals surface area contributed by atoms with E-state index in [0.717, 1.165) is 25.5 Å². The number of rotatable bonds is 7. The van der Waals surface area contributed by atoms with Gasteiger partial charge in [0.25, 0.3) is 0 Å². The number of anilines is 1. The van der Waals surface area contributed by atoms with Crippen LogP contribution < -0.4 is 20.3 Å². The van der Waals surface area contributed by atoms with Crippen LogP contribution in [0.2, 0.25) is 0 Å². The van der Waals surface area contributed by atoms with Gasteiger partial charge in [-0.15, -0.1) is 24.0 Å². The van der Waals surface area contributed by atoms with Crippen molar-refractivity contribution in [1.29, 1.82) is 0 Å². The summed E-state index contributed by atoms with van der Waals surface area (Å²) in [7, 11) is -1.43. The maximum absolute atomic E-state index is 11.5. The number of aliphatic imine (C=N–C) groups is 1. The minimum Gasteiger partial charge on any atom is -0.492 e. The minimum absolute atomic E-state index is 0. The Balaban J connectivity index is 0.00000320. The summed E-state index contributed by atoms with van der Waals surface area (Å²) in [6.07, 6.45) is 2.24. The van der Waals surface area contributed by atoms with E-state index in [1.165, 1.54) is 11.9 Å². The van der Waals surface area contributed by atoms with Crippen molar-refractivity contribution in [3.8, 4) is 5.75 Å². The largest absolute Gasteiger partial charge is 0.492 e. The van der Waals surface area contributed by atoms with Crippen molar-refractivity contribution in [2.24, 2.45) is 4.99 Å². The Morgan fingerprint density at radius 1 is 1.17 bits per heavy atom. The van der Waals surface area contributed by atoms with Gasteiger partial charge in [-0.2, -0.15) is 0 Å². The zero-order chi connectivity index (χ0) is 20.7. The molecule has 2 aromatic carbocycles. The topological polar surface area (TPSA) is 83.0 Å². The smallest absolute Gasteiger partial charge is 0.191 e. The summed E-state index contributed by atoms with van der Waals surface area (Å²) in [6.45, 7) is 2.99. The molecule has 1 aliphatic heterocycles. The highest BCUT2D eigenvalue weighted by Gasteiger charge is 2.23. The fraction of sp³-hybridized carbons (Fsp3) is 0.381. The molecule has 0 saturated carbocycles. The van der Waals surface area contributed by atoms with Gasteiger partial charge in [0, 0.05) is 38.1 Å². The van der Waals surface area contributed by atoms with Crippen LogP contribution in [0.15, 0.2) is 64.5 Å². The molecule has 0 radical (unpaired) electrons. The SMILES string of the molecule is CN=C(NCCOc1ccc(S(C)(=O)=O)cc1)NC1CCN(c2ccccc2)C1.I. The van der Waals surface area contributed by atoms with Gasteiger partial charge in [0.15, 0.2) is 15.8 Å². The van der Waals surface area contributed by atoms with Gasteiger partial charge in [-0.25, -0.2) is 8.42 Å². The van der Waals surface area contributed by atoms with E-state index in [2.05, 4.69) is 44.8 Å². The lowest BCUT2D eigenvalue weighted by atomic mass is 10.3. The lowest BCUT2D eigenvalue weighted by Gasteiger charge is -2.20. The van der Waals surface area contributed by atoms with Gasteiger partial charge in [-0.3, -0.25) is 4.99 Å². The van der Waals surface area contributed by atoms with Gasteiger partial charge in [0.2, 0.25) is 0 Å². The third-order valence-corrected chi connectivity index (χ3v) is 5.92. The highest BCUT2D eigenvalue weighted by Crippen LogP contribution is 2.19. The summed E-state index contributed by atoms with van der Waals surface area (Å²) in [4.78, 5) is 6.94. The summed E-state index contributed by atoms with van der Waals surface area (Å²) in [5, 5.41) is 6.72. The summed E-state index contributed by atoms with van der Waals surface area (Å²) in [5.41, 5.74) is 1.25. The first-order valence-corrected chi connectivity index (χ1v) is 11.5. The number of benzene rings is 2. The number of sulfone groups is 1. The van der Waals surface area contributed by atoms with Gasteiger partial charge in [-0.1, -0.05) is 18.2 Å². The average molecular weight is 544 g/mol. The Bertz CT molecular complexity index is 921. The third kappa shape index (κ3) is 7.05. The molecule has 164 valence electrons. The molecule has 2 aromatic rings. The molecule has 9 heteroatoms. The number of guanidine groups is 1. The molecule has 0 bridgehead atoms. The van der Waals surface area contributed by atoms with E-state index >= 15 is 0 Å². The first kappa shape index (κ1) is 24.3. The van der Waals surface area contributed by atoms with Gasteiger partial charge in [0.05, 0.1) is 11.4 Å². The predicted molar refractivity (Wildman–Crippen MR) is 132 cm³/mol. The molecule has 1 unspecified atom stereocenters. The van der Waals surface area contributed by atoms with Crippen LogP contribution in [0.25, 0.3) is 0 Å². The summed E-state index contributed by atoms with van der Waals surface area (Å²) in [5.74, 6) is 1.39. The quantitative estimate of drug-likeness (QED) is 0.241. The van der Waals surface area contributed by atoms with Crippen molar-refractivity contribution < 1.29 is 13.2 Å². The van der Waals surface area contributed by atoms with E-state index in [0.29, 0.717) is 24.9 Å². The number of para-hydroxylation sites is 1. The molecule has 0 spiro atoms. The van der Waals surface area contributed by atoms with Crippen molar-refractivity contribution >= 4 is 45.5 Å². The molecule has 1 heterocycles. The second kappa shape index (κ2) is 11.4. The van der Waals surface area contributed by atoms with E-state index in [1.54, 1.807) is 31.3 Å². The standard InChI is InChI=1S/C21H28N4O3S.HI/c1-22-21(24-17-12-14-25(16-17)18-6-4-3-5-7-18)23-13-15-28-19-8-10-20(11-9-19)29(2,26)27;/h3-11,17H,12-16H2,1-2H3,(H2,22,23,24);1H. The molecule has 1 atom stereocenters. The van der Waals surface area contributed by atoms with E-state index in [9.17, 15) is 8.42 Å². The predicted octanol–water partition coefficient (Wildman–Crippen LogP) is 2.53. The lowest BCUT2D eigenvalue weighted by molar-refractivity contribution is 0.321. The highest BCUT2D eigenvalue weighted by molar-refractivity contribution is 14.0. The number of nitrogens with one attached hydrogen (secondary N) is 2. The van der Waals surface area contributed by atoms with Crippen LogP contribution in [0.1, 0.15) is 6.42 Å². The average Bonchev–Trinajstić information content (AvgIpc) is 3.19. The maximum atomic E-state index is 11.5. The summed E-state index contributed by atoms with van der Waals surface area (Å²) >= 11 is 0. The number of ether oxygens (including phenoxy) is 1. The zero-order valence-corrected chi connectivity index (χ0v) is 20.4. The lowest BCUT2D eigenvalue weighted by Crippen LogP contribution is -2.45. The first-order chi connectivity index (χ1) is 14.0. The van der Waals surface area contributed by atoms with Crippen LogP contribution in [-0.2, 0) is 9.84 Å². The zero-order valence-electron chi connectivity index (χ0n) is 17.2. The Morgan fingerprint density at radius 2 is 1.87 bits per heavy atom. The van der Waals surface area contributed by atoms with E-state index in [4.69, 9.17) is 4.74 Å². The Morgan fingerprint density at radius 3 is 2.50 bits per heavy atom. The molecular weight excluding hydrogens is 515 g/mol. The van der Waals surface area contributed by atoms with E-state index in [1.807, 2.05) is 6.07 Å². The fourth-order valence-corrected chi connectivity index (χ4v) is 3.89. The van der Waals surface area contributed by atoms with E-state index in [-0.39, 0.29) is 28.9 Å². The van der Waals surface area contributed by atoms with Crippen molar-refractivity contribution in [3.05, 3.63) is 54.6 Å². The van der Waals surface area contributed by atoms with Gasteiger partial charge < -0.3 is 20.3 Å². The molecule has 2 N–H and O–H groups in total. The second-order valence-corrected chi connectivity index (χ2v) is 9.02. The molecule has 7 nitrogen and oxygen atoms in total. The van der Waals surface area contributed by atoms with Crippen LogP contribution in [0, 0.1) is 0 Å². The maximum Gasteiger partial charge on any atom is 0.191 e. The minimum atomic E-state index is -3.19. The number of nitrogens with zero attached hydrogens (tertiary/aromatic N) is 2. The Hall–Kier alpha value is -2.01. The molecule has 1 aliphatic rings. The van der Waals surface area contributed by atoms with Gasteiger partial charge in [-0.05, 0) is 42.8 Å². The van der Waals surface area contributed by atoms with Crippen molar-refractivity contribution in [2.75, 3.05) is 44.4 Å². The molecule has 0 aliphatic carbocycles. The third-order valence-electron chi connectivity index (χ3n) is 4.79. The molecule has 0 aromatic heterocycles. The van der Waals surface area contributed by atoms with Crippen LogP contribution in [0.4, 0.5) is 5.69 Å². The van der Waals surface area contributed by atoms with E-state index < -0.39 is 9.84 Å². The fourth-order valence-electron chi connectivity index (χ4n) is 3.26. The van der Waals surface area contributed by atoms with Crippen molar-refractivity contribution in [1.82, 2.24) is 10.6 Å². The number of hydrogen-bond acceptors (Lipinski definition) is 5. The normalized spacial score (nSPS) is 16.7. The molecule has 30 heavy (non-hydrogen) atoms. The second-order valence-electron chi connectivity index (χ2n) is 7.00. The Kier molecular flexibility index (Phi) is 9.22. The molecule has 0 amide bonds. The monoisotopic (exact) mass is 544 g/mol. The summed E-state index contributed by atoms with van der Waals surface area (Å²) < 4.78 is 28.6. The van der Waals surface area contributed by atoms with Crippen LogP contribution in [-0.4, -0.2) is 60.0 Å². The molecule has 1 fully saturated rings. The first-order valence-electron chi connectivity index (χ1n) is 9.66. The van der Waals surface area contributed by atoms with Crippen molar-refractivity contribution in [2.45, 2.75) is 17.4 Å². The Labute approximate surface area is 195 Å². The van der Waals surface area contributed by atoms with Crippen LogP contribution in [0.5, 0.6) is 5.75 Å².